The molecule has 1 amide bonds. The van der Waals surface area contributed by atoms with Crippen LogP contribution in [0, 0.1) is 20.8 Å². The van der Waals surface area contributed by atoms with Crippen LogP contribution in [0.25, 0.3) is 0 Å². The SMILES string of the molecule is Cc1cc(C)c(OCC(=O)NCC2(N3CCCCC3)CCCCC2)c(C)c1. The van der Waals surface area contributed by atoms with E-state index < -0.39 is 0 Å². The number of rotatable bonds is 6. The predicted octanol–water partition coefficient (Wildman–Crippen LogP) is 4.30. The van der Waals surface area contributed by atoms with E-state index in [1.165, 1.54) is 70.0 Å². The zero-order chi connectivity index (χ0) is 19.3. The minimum atomic E-state index is -0.00340. The lowest BCUT2D eigenvalue weighted by Gasteiger charge is -2.48. The number of ether oxygens (including phenoxy) is 1. The van der Waals surface area contributed by atoms with Crippen molar-refractivity contribution in [3.63, 3.8) is 0 Å². The van der Waals surface area contributed by atoms with E-state index in [1.54, 1.807) is 0 Å². The van der Waals surface area contributed by atoms with Crippen molar-refractivity contribution in [3.05, 3.63) is 28.8 Å². The van der Waals surface area contributed by atoms with E-state index in [-0.39, 0.29) is 18.1 Å². The fourth-order valence-electron chi connectivity index (χ4n) is 5.03. The molecule has 27 heavy (non-hydrogen) atoms. The lowest BCUT2D eigenvalue weighted by Crippen LogP contribution is -2.58. The van der Waals surface area contributed by atoms with Gasteiger partial charge in [-0.2, -0.15) is 0 Å². The number of hydrogen-bond donors (Lipinski definition) is 1. The van der Waals surface area contributed by atoms with Crippen LogP contribution in [0.3, 0.4) is 0 Å². The molecule has 0 radical (unpaired) electrons. The fourth-order valence-corrected chi connectivity index (χ4v) is 5.03. The molecule has 2 aliphatic rings. The second-order valence-electron chi connectivity index (χ2n) is 8.63. The average Bonchev–Trinajstić information content (AvgIpc) is 2.67. The Kier molecular flexibility index (Phi) is 6.80. The van der Waals surface area contributed by atoms with Crippen molar-refractivity contribution in [2.75, 3.05) is 26.2 Å². The molecule has 1 heterocycles. The van der Waals surface area contributed by atoms with Crippen molar-refractivity contribution >= 4 is 5.91 Å². The molecule has 1 N–H and O–H groups in total. The summed E-state index contributed by atoms with van der Waals surface area (Å²) >= 11 is 0. The van der Waals surface area contributed by atoms with Crippen LogP contribution in [0.15, 0.2) is 12.1 Å². The average molecular weight is 373 g/mol. The normalized spacial score (nSPS) is 20.3. The van der Waals surface area contributed by atoms with E-state index in [0.717, 1.165) is 23.4 Å². The molecule has 0 atom stereocenters. The number of hydrogen-bond acceptors (Lipinski definition) is 3. The van der Waals surface area contributed by atoms with Crippen LogP contribution in [0.2, 0.25) is 0 Å². The van der Waals surface area contributed by atoms with Gasteiger partial charge in [0.25, 0.3) is 5.91 Å². The summed E-state index contributed by atoms with van der Waals surface area (Å²) in [6.07, 6.45) is 10.3. The predicted molar refractivity (Wildman–Crippen MR) is 110 cm³/mol. The largest absolute Gasteiger partial charge is 0.483 e. The highest BCUT2D eigenvalue weighted by atomic mass is 16.5. The quantitative estimate of drug-likeness (QED) is 0.810. The third-order valence-electron chi connectivity index (χ3n) is 6.38. The van der Waals surface area contributed by atoms with Gasteiger partial charge in [-0.15, -0.1) is 0 Å². The highest BCUT2D eigenvalue weighted by Crippen LogP contribution is 2.35. The zero-order valence-corrected chi connectivity index (χ0v) is 17.4. The summed E-state index contributed by atoms with van der Waals surface area (Å²) in [6.45, 7) is 9.41. The lowest BCUT2D eigenvalue weighted by molar-refractivity contribution is -0.124. The second-order valence-corrected chi connectivity index (χ2v) is 8.63. The number of carbonyl (C=O) groups is 1. The molecule has 0 unspecified atom stereocenters. The molecule has 1 aliphatic heterocycles. The van der Waals surface area contributed by atoms with Crippen molar-refractivity contribution < 1.29 is 9.53 Å². The number of benzene rings is 1. The molecule has 3 rings (SSSR count). The van der Waals surface area contributed by atoms with Crippen molar-refractivity contribution in [3.8, 4) is 5.75 Å². The van der Waals surface area contributed by atoms with Crippen molar-refractivity contribution in [2.45, 2.75) is 77.7 Å². The first-order valence-corrected chi connectivity index (χ1v) is 10.7. The number of likely N-dealkylation sites (tertiary alicyclic amines) is 1. The highest BCUT2D eigenvalue weighted by Gasteiger charge is 2.38. The summed E-state index contributed by atoms with van der Waals surface area (Å²) in [5.74, 6) is 0.843. The van der Waals surface area contributed by atoms with Crippen molar-refractivity contribution in [1.82, 2.24) is 10.2 Å². The fraction of sp³-hybridized carbons (Fsp3) is 0.696. The first kappa shape index (κ1) is 20.2. The maximum absolute atomic E-state index is 12.5. The third-order valence-corrected chi connectivity index (χ3v) is 6.38. The van der Waals surface area contributed by atoms with E-state index >= 15 is 0 Å². The van der Waals surface area contributed by atoms with Crippen LogP contribution in [0.1, 0.15) is 68.1 Å². The summed E-state index contributed by atoms with van der Waals surface area (Å²) in [4.78, 5) is 15.2. The van der Waals surface area contributed by atoms with Crippen LogP contribution in [0.5, 0.6) is 5.75 Å². The molecule has 0 bridgehead atoms. The molecule has 1 saturated carbocycles. The Morgan fingerprint density at radius 1 is 1.00 bits per heavy atom. The van der Waals surface area contributed by atoms with Crippen LogP contribution in [-0.2, 0) is 4.79 Å². The minimum Gasteiger partial charge on any atom is -0.483 e. The smallest absolute Gasteiger partial charge is 0.258 e. The number of piperidine rings is 1. The molecule has 1 aromatic rings. The summed E-state index contributed by atoms with van der Waals surface area (Å²) in [6, 6.07) is 4.21. The van der Waals surface area contributed by atoms with E-state index in [4.69, 9.17) is 4.74 Å². The molecule has 2 fully saturated rings. The Hall–Kier alpha value is -1.55. The highest BCUT2D eigenvalue weighted by molar-refractivity contribution is 5.77. The maximum atomic E-state index is 12.5. The van der Waals surface area contributed by atoms with Gasteiger partial charge in [0.05, 0.1) is 0 Å². The molecular formula is C23H36N2O2. The van der Waals surface area contributed by atoms with Gasteiger partial charge >= 0.3 is 0 Å². The first-order chi connectivity index (χ1) is 13.0. The molecule has 0 spiro atoms. The van der Waals surface area contributed by atoms with E-state index in [1.807, 2.05) is 13.8 Å². The molecule has 150 valence electrons. The summed E-state index contributed by atoms with van der Waals surface area (Å²) < 4.78 is 5.88. The minimum absolute atomic E-state index is 0.00340. The molecule has 0 aromatic heterocycles. The Morgan fingerprint density at radius 2 is 1.59 bits per heavy atom. The lowest BCUT2D eigenvalue weighted by atomic mass is 9.79. The van der Waals surface area contributed by atoms with Crippen molar-refractivity contribution in [1.29, 1.82) is 0 Å². The van der Waals surface area contributed by atoms with Crippen LogP contribution in [0.4, 0.5) is 0 Å². The maximum Gasteiger partial charge on any atom is 0.258 e. The number of aryl methyl sites for hydroxylation is 3. The van der Waals surface area contributed by atoms with Gasteiger partial charge in [-0.05, 0) is 70.7 Å². The molecular weight excluding hydrogens is 336 g/mol. The van der Waals surface area contributed by atoms with E-state index in [0.29, 0.717) is 0 Å². The molecule has 1 aliphatic carbocycles. The van der Waals surface area contributed by atoms with Gasteiger partial charge in [0.2, 0.25) is 0 Å². The van der Waals surface area contributed by atoms with Gasteiger partial charge in [0, 0.05) is 12.1 Å². The van der Waals surface area contributed by atoms with Gasteiger partial charge in [-0.25, -0.2) is 0 Å². The van der Waals surface area contributed by atoms with Gasteiger partial charge < -0.3 is 10.1 Å². The molecule has 1 saturated heterocycles. The second kappa shape index (κ2) is 9.09. The van der Waals surface area contributed by atoms with Crippen LogP contribution in [-0.4, -0.2) is 42.6 Å². The van der Waals surface area contributed by atoms with Gasteiger partial charge in [-0.1, -0.05) is 43.4 Å². The first-order valence-electron chi connectivity index (χ1n) is 10.7. The van der Waals surface area contributed by atoms with E-state index in [2.05, 4.69) is 29.3 Å². The van der Waals surface area contributed by atoms with Crippen LogP contribution >= 0.6 is 0 Å². The number of nitrogens with one attached hydrogen (secondary N) is 1. The monoisotopic (exact) mass is 372 g/mol. The summed E-state index contributed by atoms with van der Waals surface area (Å²) in [5.41, 5.74) is 3.58. The Bertz CT molecular complexity index is 621. The number of carbonyl (C=O) groups excluding carboxylic acids is 1. The zero-order valence-electron chi connectivity index (χ0n) is 17.4. The Labute approximate surface area is 164 Å². The summed E-state index contributed by atoms with van der Waals surface area (Å²) in [5, 5.41) is 3.21. The standard InChI is InChI=1S/C23H36N2O2/c1-18-14-19(2)22(20(3)15-18)27-16-21(26)24-17-23(10-6-4-7-11-23)25-12-8-5-9-13-25/h14-15H,4-13,16-17H2,1-3H3,(H,24,26). The number of amides is 1. The van der Waals surface area contributed by atoms with E-state index in [9.17, 15) is 4.79 Å². The van der Waals surface area contributed by atoms with Gasteiger partial charge in [0.1, 0.15) is 5.75 Å². The Balaban J connectivity index is 1.56. The van der Waals surface area contributed by atoms with Crippen LogP contribution < -0.4 is 10.1 Å². The Morgan fingerprint density at radius 3 is 2.22 bits per heavy atom. The number of nitrogens with zero attached hydrogens (tertiary/aromatic N) is 1. The molecule has 4 nitrogen and oxygen atoms in total. The topological polar surface area (TPSA) is 41.6 Å². The van der Waals surface area contributed by atoms with Gasteiger partial charge in [0.15, 0.2) is 6.61 Å². The molecule has 4 heteroatoms. The molecule has 1 aromatic carbocycles. The third kappa shape index (κ3) is 5.04. The summed E-state index contributed by atoms with van der Waals surface area (Å²) in [7, 11) is 0. The van der Waals surface area contributed by atoms with Gasteiger partial charge in [-0.3, -0.25) is 9.69 Å². The van der Waals surface area contributed by atoms with Crippen molar-refractivity contribution in [2.24, 2.45) is 0 Å².